The number of hydrogen-bond donors (Lipinski definition) is 1. The largest absolute Gasteiger partial charge is 0.457 e. The van der Waals surface area contributed by atoms with Gasteiger partial charge in [-0.1, -0.05) is 22.0 Å². The lowest BCUT2D eigenvalue weighted by Gasteiger charge is -2.13. The monoisotopic (exact) mass is 335 g/mol. The molecular weight excluding hydrogens is 325 g/mol. The Kier molecular flexibility index (Phi) is 4.38. The van der Waals surface area contributed by atoms with Crippen molar-refractivity contribution in [3.05, 3.63) is 57.8 Å². The molecule has 0 radical (unpaired) electrons. The summed E-state index contributed by atoms with van der Waals surface area (Å²) in [6, 6.07) is 11.0. The number of halogens is 2. The van der Waals surface area contributed by atoms with Gasteiger partial charge < -0.3 is 9.84 Å². The highest BCUT2D eigenvalue weighted by atomic mass is 79.9. The van der Waals surface area contributed by atoms with Crippen LogP contribution in [0, 0.1) is 17.1 Å². The summed E-state index contributed by atoms with van der Waals surface area (Å²) in [5.74, 6) is 0.0542. The van der Waals surface area contributed by atoms with Crippen LogP contribution in [0.25, 0.3) is 0 Å². The van der Waals surface area contributed by atoms with Crippen molar-refractivity contribution in [3.8, 4) is 17.6 Å². The van der Waals surface area contributed by atoms with E-state index in [4.69, 9.17) is 10.00 Å². The normalized spacial score (nSPS) is 11.8. The summed E-state index contributed by atoms with van der Waals surface area (Å²) >= 11 is 3.32. The molecule has 0 fully saturated rings. The maximum Gasteiger partial charge on any atom is 0.144 e. The number of nitrogens with zero attached hydrogens (tertiary/aromatic N) is 1. The molecule has 2 aromatic rings. The molecule has 1 atom stereocenters. The Bertz CT molecular complexity index is 680. The van der Waals surface area contributed by atoms with Gasteiger partial charge in [0.1, 0.15) is 23.4 Å². The van der Waals surface area contributed by atoms with E-state index in [1.807, 2.05) is 0 Å². The van der Waals surface area contributed by atoms with Gasteiger partial charge in [0.05, 0.1) is 11.7 Å². The second-order valence-electron chi connectivity index (χ2n) is 4.21. The molecule has 3 nitrogen and oxygen atoms in total. The van der Waals surface area contributed by atoms with Gasteiger partial charge in [-0.3, -0.25) is 0 Å². The number of hydrogen-bond acceptors (Lipinski definition) is 3. The summed E-state index contributed by atoms with van der Waals surface area (Å²) in [5.41, 5.74) is 0.556. The first-order chi connectivity index (χ1) is 9.51. The molecular formula is C15H11BrFNO2. The third-order valence-corrected chi connectivity index (χ3v) is 3.21. The highest BCUT2D eigenvalue weighted by Gasteiger charge is 2.12. The first kappa shape index (κ1) is 14.5. The molecule has 0 aliphatic heterocycles. The molecule has 0 aromatic heterocycles. The summed E-state index contributed by atoms with van der Waals surface area (Å²) < 4.78 is 19.9. The SMILES string of the molecule is CC(O)c1ccc(Br)cc1Oc1ccc(C#N)c(F)c1. The van der Waals surface area contributed by atoms with Crippen molar-refractivity contribution in [2.24, 2.45) is 0 Å². The van der Waals surface area contributed by atoms with Gasteiger partial charge in [0.2, 0.25) is 0 Å². The van der Waals surface area contributed by atoms with Crippen molar-refractivity contribution < 1.29 is 14.2 Å². The van der Waals surface area contributed by atoms with Crippen LogP contribution in [0.3, 0.4) is 0 Å². The Morgan fingerprint density at radius 2 is 2.05 bits per heavy atom. The van der Waals surface area contributed by atoms with E-state index in [-0.39, 0.29) is 11.3 Å². The minimum Gasteiger partial charge on any atom is -0.457 e. The topological polar surface area (TPSA) is 53.2 Å². The van der Waals surface area contributed by atoms with Gasteiger partial charge in [0.25, 0.3) is 0 Å². The average molecular weight is 336 g/mol. The van der Waals surface area contributed by atoms with Crippen LogP contribution >= 0.6 is 15.9 Å². The van der Waals surface area contributed by atoms with Crippen LogP contribution in [0.1, 0.15) is 24.2 Å². The van der Waals surface area contributed by atoms with E-state index in [9.17, 15) is 9.50 Å². The smallest absolute Gasteiger partial charge is 0.144 e. The maximum absolute atomic E-state index is 13.5. The molecule has 2 aromatic carbocycles. The highest BCUT2D eigenvalue weighted by Crippen LogP contribution is 2.32. The number of rotatable bonds is 3. The average Bonchev–Trinajstić information content (AvgIpc) is 2.38. The summed E-state index contributed by atoms with van der Waals surface area (Å²) in [6.07, 6.45) is -0.707. The predicted octanol–water partition coefficient (Wildman–Crippen LogP) is 4.31. The molecule has 5 heteroatoms. The summed E-state index contributed by atoms with van der Waals surface area (Å²) in [6.45, 7) is 1.62. The van der Waals surface area contributed by atoms with Gasteiger partial charge in [-0.2, -0.15) is 5.26 Å². The first-order valence-corrected chi connectivity index (χ1v) is 6.65. The summed E-state index contributed by atoms with van der Waals surface area (Å²) in [5, 5.41) is 18.4. The Hall–Kier alpha value is -1.90. The second kappa shape index (κ2) is 6.04. The minimum atomic E-state index is -0.707. The van der Waals surface area contributed by atoms with Gasteiger partial charge in [-0.25, -0.2) is 4.39 Å². The lowest BCUT2D eigenvalue weighted by molar-refractivity contribution is 0.195. The van der Waals surface area contributed by atoms with Crippen LogP contribution in [-0.2, 0) is 0 Å². The molecule has 102 valence electrons. The van der Waals surface area contributed by atoms with Crippen molar-refractivity contribution >= 4 is 15.9 Å². The van der Waals surface area contributed by atoms with Gasteiger partial charge in [0, 0.05) is 16.1 Å². The maximum atomic E-state index is 13.5. The molecule has 0 saturated heterocycles. The standard InChI is InChI=1S/C15H11BrFNO2/c1-9(19)13-5-3-11(16)6-15(13)20-12-4-2-10(8-18)14(17)7-12/h2-7,9,19H,1H3. The fourth-order valence-electron chi connectivity index (χ4n) is 1.72. The molecule has 0 heterocycles. The van der Waals surface area contributed by atoms with Crippen molar-refractivity contribution in [2.45, 2.75) is 13.0 Å². The quantitative estimate of drug-likeness (QED) is 0.909. The van der Waals surface area contributed by atoms with Gasteiger partial charge in [0.15, 0.2) is 0 Å². The van der Waals surface area contributed by atoms with Crippen LogP contribution in [0.15, 0.2) is 40.9 Å². The third kappa shape index (κ3) is 3.16. The minimum absolute atomic E-state index is 0.0395. The molecule has 0 amide bonds. The van der Waals surface area contributed by atoms with E-state index >= 15 is 0 Å². The van der Waals surface area contributed by atoms with Crippen molar-refractivity contribution in [1.82, 2.24) is 0 Å². The van der Waals surface area contributed by atoms with E-state index in [2.05, 4.69) is 15.9 Å². The molecule has 1 N–H and O–H groups in total. The fourth-order valence-corrected chi connectivity index (χ4v) is 2.06. The summed E-state index contributed by atoms with van der Waals surface area (Å²) in [7, 11) is 0. The van der Waals surface area contributed by atoms with Gasteiger partial charge >= 0.3 is 0 Å². The van der Waals surface area contributed by atoms with E-state index < -0.39 is 11.9 Å². The fraction of sp³-hybridized carbons (Fsp3) is 0.133. The Morgan fingerprint density at radius 1 is 1.30 bits per heavy atom. The van der Waals surface area contributed by atoms with Crippen LogP contribution in [-0.4, -0.2) is 5.11 Å². The molecule has 0 saturated carbocycles. The molecule has 1 unspecified atom stereocenters. The number of aliphatic hydroxyl groups is 1. The first-order valence-electron chi connectivity index (χ1n) is 5.86. The molecule has 0 spiro atoms. The lowest BCUT2D eigenvalue weighted by atomic mass is 10.1. The van der Waals surface area contributed by atoms with Crippen LogP contribution in [0.5, 0.6) is 11.5 Å². The number of nitriles is 1. The second-order valence-corrected chi connectivity index (χ2v) is 5.13. The number of benzene rings is 2. The lowest BCUT2D eigenvalue weighted by Crippen LogP contribution is -1.96. The van der Waals surface area contributed by atoms with Crippen molar-refractivity contribution in [1.29, 1.82) is 5.26 Å². The van der Waals surface area contributed by atoms with E-state index in [1.54, 1.807) is 31.2 Å². The number of aliphatic hydroxyl groups excluding tert-OH is 1. The van der Waals surface area contributed by atoms with E-state index in [0.29, 0.717) is 11.3 Å². The molecule has 0 aliphatic rings. The van der Waals surface area contributed by atoms with Crippen LogP contribution in [0.4, 0.5) is 4.39 Å². The molecule has 2 rings (SSSR count). The summed E-state index contributed by atoms with van der Waals surface area (Å²) in [4.78, 5) is 0. The van der Waals surface area contributed by atoms with Crippen LogP contribution in [0.2, 0.25) is 0 Å². The van der Waals surface area contributed by atoms with Crippen molar-refractivity contribution in [2.75, 3.05) is 0 Å². The van der Waals surface area contributed by atoms with Crippen LogP contribution < -0.4 is 4.74 Å². The zero-order chi connectivity index (χ0) is 14.7. The highest BCUT2D eigenvalue weighted by molar-refractivity contribution is 9.10. The Labute approximate surface area is 124 Å². The predicted molar refractivity (Wildman–Crippen MR) is 76.0 cm³/mol. The van der Waals surface area contributed by atoms with Crippen molar-refractivity contribution in [3.63, 3.8) is 0 Å². The zero-order valence-corrected chi connectivity index (χ0v) is 12.2. The number of ether oxygens (including phenoxy) is 1. The molecule has 20 heavy (non-hydrogen) atoms. The molecule has 0 bridgehead atoms. The van der Waals surface area contributed by atoms with E-state index in [0.717, 1.165) is 10.5 Å². The van der Waals surface area contributed by atoms with Gasteiger partial charge in [-0.05, 0) is 31.2 Å². The van der Waals surface area contributed by atoms with E-state index in [1.165, 1.54) is 12.1 Å². The third-order valence-electron chi connectivity index (χ3n) is 2.71. The zero-order valence-electron chi connectivity index (χ0n) is 10.6. The van der Waals surface area contributed by atoms with Gasteiger partial charge in [-0.15, -0.1) is 0 Å². The Balaban J connectivity index is 2.37. The molecule has 0 aliphatic carbocycles. The Morgan fingerprint density at radius 3 is 2.65 bits per heavy atom.